The number of nitrogens with zero attached hydrogens (tertiary/aromatic N) is 3. The summed E-state index contributed by atoms with van der Waals surface area (Å²) in [6.45, 7) is 3.41. The molecule has 2 N–H and O–H groups in total. The minimum Gasteiger partial charge on any atom is -0.440 e. The molecule has 0 radical (unpaired) electrons. The van der Waals surface area contributed by atoms with E-state index in [0.717, 1.165) is 24.2 Å². The van der Waals surface area contributed by atoms with E-state index in [9.17, 15) is 10.1 Å². The fourth-order valence-electron chi connectivity index (χ4n) is 3.66. The molecule has 1 atom stereocenters. The third-order valence-electron chi connectivity index (χ3n) is 5.08. The van der Waals surface area contributed by atoms with Gasteiger partial charge in [-0.3, -0.25) is 4.79 Å². The van der Waals surface area contributed by atoms with Crippen molar-refractivity contribution in [3.8, 4) is 11.8 Å². The Kier molecular flexibility index (Phi) is 5.86. The highest BCUT2D eigenvalue weighted by molar-refractivity contribution is 5.50. The normalized spacial score (nSPS) is 15.9. The molecule has 0 saturated carbocycles. The molecule has 0 amide bonds. The number of nitrogens with two attached hydrogens (primary N) is 1. The fourth-order valence-corrected chi connectivity index (χ4v) is 3.66. The Labute approximate surface area is 165 Å². The molecule has 1 aliphatic heterocycles. The van der Waals surface area contributed by atoms with Crippen LogP contribution >= 0.6 is 0 Å². The zero-order chi connectivity index (χ0) is 20.3. The Balaban J connectivity index is 2.06. The van der Waals surface area contributed by atoms with E-state index >= 15 is 0 Å². The predicted molar refractivity (Wildman–Crippen MR) is 109 cm³/mol. The molecule has 0 aliphatic carbocycles. The molecule has 6 nitrogen and oxygen atoms in total. The van der Waals surface area contributed by atoms with Crippen molar-refractivity contribution in [1.29, 1.82) is 5.26 Å². The second kappa shape index (κ2) is 8.32. The van der Waals surface area contributed by atoms with Crippen molar-refractivity contribution in [3.05, 3.63) is 75.0 Å². The molecule has 146 valence electrons. The molecule has 1 aromatic heterocycles. The number of pyridine rings is 1. The van der Waals surface area contributed by atoms with Crippen LogP contribution in [0.3, 0.4) is 0 Å². The van der Waals surface area contributed by atoms with Gasteiger partial charge in [0.1, 0.15) is 11.8 Å². The highest BCUT2D eigenvalue weighted by Crippen LogP contribution is 2.38. The van der Waals surface area contributed by atoms with Crippen LogP contribution < -0.4 is 16.0 Å². The molecule has 2 heterocycles. The van der Waals surface area contributed by atoms with Crippen molar-refractivity contribution in [2.45, 2.75) is 32.2 Å². The van der Waals surface area contributed by atoms with Crippen LogP contribution in [0.2, 0.25) is 0 Å². The lowest BCUT2D eigenvalue weighted by atomic mass is 9.85. The summed E-state index contributed by atoms with van der Waals surface area (Å²) in [7, 11) is 4.03. The summed E-state index contributed by atoms with van der Waals surface area (Å²) in [6.07, 6.45) is 1.39. The molecule has 28 heavy (non-hydrogen) atoms. The Morgan fingerprint density at radius 2 is 2.00 bits per heavy atom. The van der Waals surface area contributed by atoms with Gasteiger partial charge in [0.15, 0.2) is 0 Å². The van der Waals surface area contributed by atoms with Crippen LogP contribution in [0.15, 0.2) is 52.6 Å². The number of rotatable bonds is 6. The zero-order valence-corrected chi connectivity index (χ0v) is 16.6. The molecule has 0 saturated heterocycles. The summed E-state index contributed by atoms with van der Waals surface area (Å²) in [5, 5.41) is 9.67. The van der Waals surface area contributed by atoms with E-state index in [1.165, 1.54) is 0 Å². The van der Waals surface area contributed by atoms with E-state index in [-0.39, 0.29) is 11.4 Å². The molecule has 0 fully saturated rings. The van der Waals surface area contributed by atoms with Crippen molar-refractivity contribution in [1.82, 2.24) is 9.47 Å². The smallest absolute Gasteiger partial charge is 0.258 e. The third kappa shape index (κ3) is 3.95. The lowest BCUT2D eigenvalue weighted by molar-refractivity contribution is 0.372. The van der Waals surface area contributed by atoms with Crippen LogP contribution in [-0.2, 0) is 13.0 Å². The van der Waals surface area contributed by atoms with Crippen molar-refractivity contribution < 1.29 is 4.74 Å². The van der Waals surface area contributed by atoms with Gasteiger partial charge < -0.3 is 19.9 Å². The predicted octanol–water partition coefficient (Wildman–Crippen LogP) is 2.52. The van der Waals surface area contributed by atoms with Crippen LogP contribution in [0.1, 0.15) is 29.2 Å². The number of allylic oxidation sites excluding steroid dienone is 1. The maximum Gasteiger partial charge on any atom is 0.258 e. The minimum atomic E-state index is -0.413. The van der Waals surface area contributed by atoms with E-state index in [1.54, 1.807) is 4.57 Å². The van der Waals surface area contributed by atoms with Gasteiger partial charge in [0.2, 0.25) is 5.88 Å². The summed E-state index contributed by atoms with van der Waals surface area (Å²) < 4.78 is 7.45. The zero-order valence-electron chi connectivity index (χ0n) is 16.6. The minimum absolute atomic E-state index is 0.0834. The number of aromatic nitrogens is 1. The van der Waals surface area contributed by atoms with Crippen LogP contribution in [-0.4, -0.2) is 30.1 Å². The van der Waals surface area contributed by atoms with E-state index in [2.05, 4.69) is 11.0 Å². The van der Waals surface area contributed by atoms with Crippen LogP contribution in [0, 0.1) is 18.3 Å². The average molecular weight is 378 g/mol. The molecule has 2 aromatic rings. The van der Waals surface area contributed by atoms with E-state index < -0.39 is 5.92 Å². The summed E-state index contributed by atoms with van der Waals surface area (Å²) >= 11 is 0. The first-order valence-corrected chi connectivity index (χ1v) is 9.43. The van der Waals surface area contributed by atoms with Gasteiger partial charge in [-0.05, 0) is 46.0 Å². The highest BCUT2D eigenvalue weighted by atomic mass is 16.5. The quantitative estimate of drug-likeness (QED) is 0.835. The molecule has 1 unspecified atom stereocenters. The molecule has 0 bridgehead atoms. The van der Waals surface area contributed by atoms with Gasteiger partial charge in [0.05, 0.1) is 11.1 Å². The summed E-state index contributed by atoms with van der Waals surface area (Å²) in [5.41, 5.74) is 8.62. The maximum atomic E-state index is 13.4. The standard InChI is InChI=1S/C22H26N4O2/c1-15-12-19-20(22(27)26(15)11-7-10-25(2)3)17(18(14-23)21(24)28-19)13-16-8-5-4-6-9-16/h4-6,8-9,12,17H,7,10-11,13,24H2,1-3H3. The van der Waals surface area contributed by atoms with Gasteiger partial charge in [-0.1, -0.05) is 30.3 Å². The number of hydrogen-bond acceptors (Lipinski definition) is 5. The lowest BCUT2D eigenvalue weighted by Crippen LogP contribution is -2.33. The molecule has 6 heteroatoms. The number of aryl methyl sites for hydroxylation is 1. The van der Waals surface area contributed by atoms with Gasteiger partial charge in [-0.25, -0.2) is 0 Å². The number of benzene rings is 1. The van der Waals surface area contributed by atoms with Gasteiger partial charge in [0.25, 0.3) is 5.56 Å². The van der Waals surface area contributed by atoms with E-state index in [4.69, 9.17) is 10.5 Å². The molecular formula is C22H26N4O2. The van der Waals surface area contributed by atoms with E-state index in [0.29, 0.717) is 29.9 Å². The second-order valence-electron chi connectivity index (χ2n) is 7.41. The Bertz CT molecular complexity index is 984. The van der Waals surface area contributed by atoms with Gasteiger partial charge in [-0.15, -0.1) is 0 Å². The number of fused-ring (bicyclic) bond motifs is 1. The van der Waals surface area contributed by atoms with Crippen molar-refractivity contribution >= 4 is 0 Å². The van der Waals surface area contributed by atoms with Gasteiger partial charge in [-0.2, -0.15) is 5.26 Å². The monoisotopic (exact) mass is 378 g/mol. The maximum absolute atomic E-state index is 13.4. The fraction of sp³-hybridized carbons (Fsp3) is 0.364. The van der Waals surface area contributed by atoms with Crippen LogP contribution in [0.25, 0.3) is 0 Å². The molecule has 1 aromatic carbocycles. The number of hydrogen-bond donors (Lipinski definition) is 1. The third-order valence-corrected chi connectivity index (χ3v) is 5.08. The summed E-state index contributed by atoms with van der Waals surface area (Å²) in [5.74, 6) is 0.133. The van der Waals surface area contributed by atoms with Crippen LogP contribution in [0.5, 0.6) is 5.75 Å². The first-order chi connectivity index (χ1) is 13.4. The average Bonchev–Trinajstić information content (AvgIpc) is 2.64. The van der Waals surface area contributed by atoms with E-state index in [1.807, 2.05) is 57.4 Å². The van der Waals surface area contributed by atoms with Crippen molar-refractivity contribution in [2.24, 2.45) is 5.73 Å². The summed E-state index contributed by atoms with van der Waals surface area (Å²) in [4.78, 5) is 15.5. The molecule has 1 aliphatic rings. The van der Waals surface area contributed by atoms with Gasteiger partial charge >= 0.3 is 0 Å². The Morgan fingerprint density at radius 1 is 1.29 bits per heavy atom. The Morgan fingerprint density at radius 3 is 2.64 bits per heavy atom. The van der Waals surface area contributed by atoms with Crippen molar-refractivity contribution in [2.75, 3.05) is 20.6 Å². The number of nitriles is 1. The molecular weight excluding hydrogens is 352 g/mol. The first kappa shape index (κ1) is 19.7. The number of ether oxygens (including phenoxy) is 1. The topological polar surface area (TPSA) is 84.3 Å². The first-order valence-electron chi connectivity index (χ1n) is 9.43. The van der Waals surface area contributed by atoms with Crippen molar-refractivity contribution in [3.63, 3.8) is 0 Å². The molecule has 0 spiro atoms. The molecule has 3 rings (SSSR count). The van der Waals surface area contributed by atoms with Crippen LogP contribution in [0.4, 0.5) is 0 Å². The summed E-state index contributed by atoms with van der Waals surface area (Å²) in [6, 6.07) is 13.8. The Hall–Kier alpha value is -3.04. The largest absolute Gasteiger partial charge is 0.440 e. The SMILES string of the molecule is Cc1cc2c(c(=O)n1CCCN(C)C)C(Cc1ccccc1)C(C#N)=C(N)O2. The second-order valence-corrected chi connectivity index (χ2v) is 7.41. The van der Waals surface area contributed by atoms with Gasteiger partial charge in [0, 0.05) is 24.2 Å². The lowest BCUT2D eigenvalue weighted by Gasteiger charge is -2.27. The highest BCUT2D eigenvalue weighted by Gasteiger charge is 2.33.